The summed E-state index contributed by atoms with van der Waals surface area (Å²) in [4.78, 5) is 47.6. The molecule has 4 heterocycles. The van der Waals surface area contributed by atoms with Gasteiger partial charge in [0, 0.05) is 36.3 Å². The van der Waals surface area contributed by atoms with Crippen molar-refractivity contribution in [3.8, 4) is 11.1 Å². The molecular formula is C26H23FN6O3. The van der Waals surface area contributed by atoms with Gasteiger partial charge in [-0.2, -0.15) is 9.49 Å². The van der Waals surface area contributed by atoms with E-state index in [4.69, 9.17) is 0 Å². The van der Waals surface area contributed by atoms with E-state index in [0.717, 1.165) is 11.3 Å². The van der Waals surface area contributed by atoms with Gasteiger partial charge >= 0.3 is 0 Å². The summed E-state index contributed by atoms with van der Waals surface area (Å²) >= 11 is 0. The van der Waals surface area contributed by atoms with E-state index in [1.165, 1.54) is 28.8 Å². The quantitative estimate of drug-likeness (QED) is 0.331. The third kappa shape index (κ3) is 4.45. The topological polar surface area (TPSA) is 110 Å². The van der Waals surface area contributed by atoms with Crippen LogP contribution in [0, 0.1) is 12.9 Å². The Morgan fingerprint density at radius 2 is 1.92 bits per heavy atom. The number of aryl methyl sites for hydroxylation is 1. The zero-order chi connectivity index (χ0) is 25.4. The van der Waals surface area contributed by atoms with Crippen LogP contribution in [-0.4, -0.2) is 54.8 Å². The molecule has 3 aromatic heterocycles. The van der Waals surface area contributed by atoms with Gasteiger partial charge in [0.15, 0.2) is 5.78 Å². The number of carbonyl (C=O) groups excluding carboxylic acids is 3. The molecule has 0 spiro atoms. The second-order valence-corrected chi connectivity index (χ2v) is 8.71. The van der Waals surface area contributed by atoms with Crippen LogP contribution < -0.4 is 5.32 Å². The molecule has 1 aromatic carbocycles. The van der Waals surface area contributed by atoms with Crippen molar-refractivity contribution in [3.05, 3.63) is 72.1 Å². The van der Waals surface area contributed by atoms with Crippen molar-refractivity contribution in [2.45, 2.75) is 32.9 Å². The Morgan fingerprint density at radius 3 is 2.58 bits per heavy atom. The van der Waals surface area contributed by atoms with Crippen molar-refractivity contribution in [2.24, 2.45) is 0 Å². The van der Waals surface area contributed by atoms with Crippen molar-refractivity contribution in [3.63, 3.8) is 0 Å². The first kappa shape index (κ1) is 23.3. The lowest BCUT2D eigenvalue weighted by atomic mass is 10.0. The third-order valence-corrected chi connectivity index (χ3v) is 6.21. The number of halogens is 1. The summed E-state index contributed by atoms with van der Waals surface area (Å²) in [5, 5.41) is 7.75. The van der Waals surface area contributed by atoms with E-state index >= 15 is 0 Å². The van der Waals surface area contributed by atoms with Gasteiger partial charge in [0.2, 0.25) is 17.8 Å². The normalized spacial score (nSPS) is 15.0. The summed E-state index contributed by atoms with van der Waals surface area (Å²) in [6, 6.07) is 13.0. The SMILES string of the molecule is CC(=O)c1nn(CC(=O)N2CCC2C(=O)Nc2cccc(C)n2)c2ccc(-c3ccc(F)nc3)cc12. The van der Waals surface area contributed by atoms with E-state index in [0.29, 0.717) is 35.2 Å². The van der Waals surface area contributed by atoms with Crippen molar-refractivity contribution in [2.75, 3.05) is 11.9 Å². The fourth-order valence-electron chi connectivity index (χ4n) is 4.29. The summed E-state index contributed by atoms with van der Waals surface area (Å²) in [6.07, 6.45) is 1.97. The summed E-state index contributed by atoms with van der Waals surface area (Å²) in [7, 11) is 0. The zero-order valence-corrected chi connectivity index (χ0v) is 19.7. The molecular weight excluding hydrogens is 463 g/mol. The zero-order valence-electron chi connectivity index (χ0n) is 19.7. The Hall–Kier alpha value is -4.47. The molecule has 2 amide bonds. The first-order valence-corrected chi connectivity index (χ1v) is 11.5. The monoisotopic (exact) mass is 486 g/mol. The maximum absolute atomic E-state index is 13.2. The number of carbonyl (C=O) groups is 3. The average Bonchev–Trinajstić information content (AvgIpc) is 3.16. The van der Waals surface area contributed by atoms with Crippen molar-refractivity contribution < 1.29 is 18.8 Å². The minimum Gasteiger partial charge on any atom is -0.329 e. The number of likely N-dealkylation sites (tertiary alicyclic amines) is 1. The highest BCUT2D eigenvalue weighted by molar-refractivity contribution is 6.06. The lowest BCUT2D eigenvalue weighted by Gasteiger charge is -2.39. The molecule has 4 aromatic rings. The van der Waals surface area contributed by atoms with E-state index < -0.39 is 12.0 Å². The molecule has 36 heavy (non-hydrogen) atoms. The van der Waals surface area contributed by atoms with Gasteiger partial charge in [0.05, 0.1) is 5.52 Å². The summed E-state index contributed by atoms with van der Waals surface area (Å²) in [5.41, 5.74) is 3.05. The molecule has 9 nitrogen and oxygen atoms in total. The lowest BCUT2D eigenvalue weighted by Crippen LogP contribution is -2.57. The molecule has 1 saturated heterocycles. The average molecular weight is 487 g/mol. The Kier molecular flexibility index (Phi) is 6.01. The fraction of sp³-hybridized carbons (Fsp3) is 0.231. The van der Waals surface area contributed by atoms with Gasteiger partial charge in [-0.25, -0.2) is 9.97 Å². The smallest absolute Gasteiger partial charge is 0.248 e. The molecule has 10 heteroatoms. The number of amides is 2. The number of pyridine rings is 2. The van der Waals surface area contributed by atoms with Gasteiger partial charge in [-0.05, 0) is 55.3 Å². The van der Waals surface area contributed by atoms with Crippen LogP contribution in [0.3, 0.4) is 0 Å². The van der Waals surface area contributed by atoms with Crippen LogP contribution in [0.2, 0.25) is 0 Å². The van der Waals surface area contributed by atoms with Crippen LogP contribution in [0.25, 0.3) is 22.0 Å². The van der Waals surface area contributed by atoms with Crippen molar-refractivity contribution in [1.82, 2.24) is 24.6 Å². The number of hydrogen-bond donors (Lipinski definition) is 1. The Morgan fingerprint density at radius 1 is 1.11 bits per heavy atom. The number of Topliss-reactive ketones (excluding diaryl/α,β-unsaturated/α-hetero) is 1. The maximum atomic E-state index is 13.2. The number of benzene rings is 1. The van der Waals surface area contributed by atoms with E-state index in [1.54, 1.807) is 36.4 Å². The van der Waals surface area contributed by atoms with Crippen LogP contribution in [0.15, 0.2) is 54.7 Å². The molecule has 1 aliphatic rings. The molecule has 1 N–H and O–H groups in total. The number of hydrogen-bond acceptors (Lipinski definition) is 6. The van der Waals surface area contributed by atoms with Crippen molar-refractivity contribution in [1.29, 1.82) is 0 Å². The van der Waals surface area contributed by atoms with E-state index in [9.17, 15) is 18.8 Å². The number of ketones is 1. The van der Waals surface area contributed by atoms with E-state index in [2.05, 4.69) is 20.4 Å². The predicted octanol–water partition coefficient (Wildman–Crippen LogP) is 3.38. The van der Waals surface area contributed by atoms with Gasteiger partial charge in [-0.1, -0.05) is 12.1 Å². The molecule has 1 atom stereocenters. The molecule has 0 aliphatic carbocycles. The summed E-state index contributed by atoms with van der Waals surface area (Å²) < 4.78 is 14.7. The minimum atomic E-state index is -0.591. The number of aromatic nitrogens is 4. The van der Waals surface area contributed by atoms with Crippen LogP contribution in [0.1, 0.15) is 29.5 Å². The molecule has 0 saturated carbocycles. The summed E-state index contributed by atoms with van der Waals surface area (Å²) in [5.74, 6) is -0.948. The molecule has 1 fully saturated rings. The Labute approximate surface area is 206 Å². The molecule has 5 rings (SSSR count). The highest BCUT2D eigenvalue weighted by Gasteiger charge is 2.38. The Bertz CT molecular complexity index is 1500. The maximum Gasteiger partial charge on any atom is 0.248 e. The van der Waals surface area contributed by atoms with Gasteiger partial charge in [-0.15, -0.1) is 0 Å². The van der Waals surface area contributed by atoms with E-state index in [-0.39, 0.29) is 29.8 Å². The van der Waals surface area contributed by atoms with Gasteiger partial charge in [0.25, 0.3) is 0 Å². The number of rotatable bonds is 6. The minimum absolute atomic E-state index is 0.117. The highest BCUT2D eigenvalue weighted by atomic mass is 19.1. The molecule has 1 aliphatic heterocycles. The van der Waals surface area contributed by atoms with Crippen LogP contribution in [0.5, 0.6) is 0 Å². The van der Waals surface area contributed by atoms with Crippen LogP contribution >= 0.6 is 0 Å². The van der Waals surface area contributed by atoms with Crippen LogP contribution in [0.4, 0.5) is 10.2 Å². The van der Waals surface area contributed by atoms with Crippen LogP contribution in [-0.2, 0) is 16.1 Å². The van der Waals surface area contributed by atoms with Gasteiger partial charge in [-0.3, -0.25) is 19.1 Å². The molecule has 1 unspecified atom stereocenters. The van der Waals surface area contributed by atoms with Gasteiger partial charge < -0.3 is 10.2 Å². The largest absolute Gasteiger partial charge is 0.329 e. The fourth-order valence-corrected chi connectivity index (χ4v) is 4.29. The van der Waals surface area contributed by atoms with Crippen molar-refractivity contribution >= 4 is 34.3 Å². The first-order chi connectivity index (χ1) is 17.3. The number of fused-ring (bicyclic) bond motifs is 1. The molecule has 182 valence electrons. The third-order valence-electron chi connectivity index (χ3n) is 6.21. The van der Waals surface area contributed by atoms with E-state index in [1.807, 2.05) is 13.0 Å². The predicted molar refractivity (Wildman–Crippen MR) is 131 cm³/mol. The second kappa shape index (κ2) is 9.29. The highest BCUT2D eigenvalue weighted by Crippen LogP contribution is 2.28. The number of nitrogens with one attached hydrogen (secondary N) is 1. The second-order valence-electron chi connectivity index (χ2n) is 8.71. The van der Waals surface area contributed by atoms with Gasteiger partial charge in [0.1, 0.15) is 24.1 Å². The lowest BCUT2D eigenvalue weighted by molar-refractivity contribution is -0.145. The standard InChI is InChI=1S/C26H23FN6O3/c1-15-4-3-5-23(29-15)30-26(36)21-10-11-32(21)24(35)14-33-20-8-6-17(18-7-9-22(27)28-13-18)12-19(20)25(31-33)16(2)34/h3-9,12-13,21H,10-11,14H2,1-2H3,(H,29,30,36). The summed E-state index contributed by atoms with van der Waals surface area (Å²) in [6.45, 7) is 3.58. The molecule has 0 radical (unpaired) electrons. The molecule has 0 bridgehead atoms. The Balaban J connectivity index is 1.36. The first-order valence-electron chi connectivity index (χ1n) is 11.5. The number of anilines is 1. The number of nitrogens with zero attached hydrogens (tertiary/aromatic N) is 5.